The summed E-state index contributed by atoms with van der Waals surface area (Å²) >= 11 is 12.0. The number of rotatable bonds is 3. The number of hydrogen-bond donors (Lipinski definition) is 1. The van der Waals surface area contributed by atoms with Gasteiger partial charge >= 0.3 is 0 Å². The van der Waals surface area contributed by atoms with Crippen LogP contribution in [-0.2, 0) is 0 Å². The molecule has 0 saturated carbocycles. The number of aromatic nitrogens is 1. The zero-order valence-electron chi connectivity index (χ0n) is 11.3. The molecular formula is C15H15Cl2N3O. The first-order valence-electron chi connectivity index (χ1n) is 6.70. The van der Waals surface area contributed by atoms with Crippen LogP contribution in [0.1, 0.15) is 6.42 Å². The van der Waals surface area contributed by atoms with Gasteiger partial charge in [0.25, 0.3) is 0 Å². The summed E-state index contributed by atoms with van der Waals surface area (Å²) in [6.07, 6.45) is 2.66. The van der Waals surface area contributed by atoms with Crippen molar-refractivity contribution in [3.63, 3.8) is 0 Å². The molecule has 1 saturated heterocycles. The molecule has 1 aliphatic rings. The maximum absolute atomic E-state index is 6.13. The minimum absolute atomic E-state index is 0.0867. The van der Waals surface area contributed by atoms with Crippen LogP contribution in [-0.4, -0.2) is 24.2 Å². The molecule has 2 aromatic rings. The van der Waals surface area contributed by atoms with E-state index in [2.05, 4.69) is 9.88 Å². The van der Waals surface area contributed by atoms with Crippen molar-refractivity contribution in [1.29, 1.82) is 0 Å². The number of hydrogen-bond acceptors (Lipinski definition) is 4. The molecule has 0 radical (unpaired) electrons. The minimum Gasteiger partial charge on any atom is -0.487 e. The number of nitrogen functional groups attached to an aromatic ring is 1. The summed E-state index contributed by atoms with van der Waals surface area (Å²) in [6, 6.07) is 9.05. The number of nitrogens with zero attached hydrogens (tertiary/aromatic N) is 2. The number of anilines is 2. The van der Waals surface area contributed by atoms with Gasteiger partial charge in [-0.2, -0.15) is 0 Å². The van der Waals surface area contributed by atoms with Crippen LogP contribution < -0.4 is 15.4 Å². The van der Waals surface area contributed by atoms with Crippen LogP contribution in [0.15, 0.2) is 36.5 Å². The summed E-state index contributed by atoms with van der Waals surface area (Å²) < 4.78 is 5.95. The van der Waals surface area contributed by atoms with Gasteiger partial charge in [0.05, 0.1) is 16.6 Å². The standard InChI is InChI=1S/C15H15Cl2N3O/c16-10-1-4-15(19-8-10)20-6-5-12(9-20)21-14-3-2-11(18)7-13(14)17/h1-4,7-8,12H,5-6,9,18H2/t12-/m0/s1. The molecule has 0 unspecified atom stereocenters. The lowest BCUT2D eigenvalue weighted by atomic mass is 10.3. The molecule has 2 heterocycles. The van der Waals surface area contributed by atoms with Crippen molar-refractivity contribution in [3.8, 4) is 5.75 Å². The van der Waals surface area contributed by atoms with E-state index in [1.807, 2.05) is 12.1 Å². The van der Waals surface area contributed by atoms with Crippen LogP contribution in [0.4, 0.5) is 11.5 Å². The molecule has 110 valence electrons. The molecule has 6 heteroatoms. The van der Waals surface area contributed by atoms with Crippen LogP contribution in [0.5, 0.6) is 5.75 Å². The Balaban J connectivity index is 1.65. The highest BCUT2D eigenvalue weighted by molar-refractivity contribution is 6.32. The van der Waals surface area contributed by atoms with E-state index in [0.29, 0.717) is 21.5 Å². The summed E-state index contributed by atoms with van der Waals surface area (Å²) in [4.78, 5) is 6.50. The third-order valence-electron chi connectivity index (χ3n) is 3.43. The van der Waals surface area contributed by atoms with Crippen LogP contribution in [0.2, 0.25) is 10.0 Å². The van der Waals surface area contributed by atoms with Gasteiger partial charge in [-0.15, -0.1) is 0 Å². The van der Waals surface area contributed by atoms with E-state index < -0.39 is 0 Å². The quantitative estimate of drug-likeness (QED) is 0.876. The molecule has 2 N–H and O–H groups in total. The fourth-order valence-electron chi connectivity index (χ4n) is 2.38. The Morgan fingerprint density at radius 3 is 2.81 bits per heavy atom. The second kappa shape index (κ2) is 6.00. The topological polar surface area (TPSA) is 51.4 Å². The van der Waals surface area contributed by atoms with Gasteiger partial charge < -0.3 is 15.4 Å². The number of pyridine rings is 1. The molecule has 4 nitrogen and oxygen atoms in total. The molecule has 1 aliphatic heterocycles. The normalized spacial score (nSPS) is 18.0. The molecule has 3 rings (SSSR count). The highest BCUT2D eigenvalue weighted by Gasteiger charge is 2.25. The molecule has 0 amide bonds. The summed E-state index contributed by atoms with van der Waals surface area (Å²) in [5, 5.41) is 1.18. The lowest BCUT2D eigenvalue weighted by Gasteiger charge is -2.18. The fraction of sp³-hybridized carbons (Fsp3) is 0.267. The number of nitrogens with two attached hydrogens (primary N) is 1. The van der Waals surface area contributed by atoms with Crippen molar-refractivity contribution in [2.75, 3.05) is 23.7 Å². The van der Waals surface area contributed by atoms with E-state index in [1.165, 1.54) is 0 Å². The molecule has 0 aliphatic carbocycles. The molecular weight excluding hydrogens is 309 g/mol. The van der Waals surface area contributed by atoms with Crippen LogP contribution in [0.3, 0.4) is 0 Å². The molecule has 1 atom stereocenters. The van der Waals surface area contributed by atoms with Gasteiger partial charge in [-0.25, -0.2) is 4.98 Å². The van der Waals surface area contributed by atoms with E-state index >= 15 is 0 Å². The predicted octanol–water partition coefficient (Wildman–Crippen LogP) is 3.63. The van der Waals surface area contributed by atoms with Crippen LogP contribution in [0.25, 0.3) is 0 Å². The zero-order valence-corrected chi connectivity index (χ0v) is 12.8. The fourth-order valence-corrected chi connectivity index (χ4v) is 2.73. The first-order valence-corrected chi connectivity index (χ1v) is 7.45. The smallest absolute Gasteiger partial charge is 0.138 e. The highest BCUT2D eigenvalue weighted by Crippen LogP contribution is 2.29. The van der Waals surface area contributed by atoms with Gasteiger partial charge in [0.15, 0.2) is 0 Å². The average molecular weight is 324 g/mol. The largest absolute Gasteiger partial charge is 0.487 e. The van der Waals surface area contributed by atoms with Crippen molar-refractivity contribution < 1.29 is 4.74 Å². The summed E-state index contributed by atoms with van der Waals surface area (Å²) in [7, 11) is 0. The summed E-state index contributed by atoms with van der Waals surface area (Å²) in [5.41, 5.74) is 6.31. The van der Waals surface area contributed by atoms with E-state index in [9.17, 15) is 0 Å². The Morgan fingerprint density at radius 2 is 2.10 bits per heavy atom. The summed E-state index contributed by atoms with van der Waals surface area (Å²) in [6.45, 7) is 1.67. The van der Waals surface area contributed by atoms with Gasteiger partial charge in [0.2, 0.25) is 0 Å². The van der Waals surface area contributed by atoms with E-state index in [0.717, 1.165) is 25.3 Å². The number of halogens is 2. The Morgan fingerprint density at radius 1 is 1.24 bits per heavy atom. The maximum Gasteiger partial charge on any atom is 0.138 e. The van der Waals surface area contributed by atoms with Crippen molar-refractivity contribution in [2.24, 2.45) is 0 Å². The lowest BCUT2D eigenvalue weighted by Crippen LogP contribution is -2.25. The van der Waals surface area contributed by atoms with Gasteiger partial charge in [0.1, 0.15) is 17.7 Å². The monoisotopic (exact) mass is 323 g/mol. The number of ether oxygens (including phenoxy) is 1. The van der Waals surface area contributed by atoms with Crippen molar-refractivity contribution in [2.45, 2.75) is 12.5 Å². The Kier molecular flexibility index (Phi) is 4.08. The average Bonchev–Trinajstić information content (AvgIpc) is 2.91. The number of benzene rings is 1. The first kappa shape index (κ1) is 14.3. The summed E-state index contributed by atoms with van der Waals surface area (Å²) in [5.74, 6) is 1.58. The molecule has 1 aromatic heterocycles. The lowest BCUT2D eigenvalue weighted by molar-refractivity contribution is 0.225. The second-order valence-corrected chi connectivity index (χ2v) is 5.84. The van der Waals surface area contributed by atoms with E-state index in [1.54, 1.807) is 24.4 Å². The highest BCUT2D eigenvalue weighted by atomic mass is 35.5. The predicted molar refractivity (Wildman–Crippen MR) is 86.4 cm³/mol. The molecule has 0 spiro atoms. The van der Waals surface area contributed by atoms with Gasteiger partial charge in [0, 0.05) is 24.8 Å². The Hall–Kier alpha value is -1.65. The van der Waals surface area contributed by atoms with Crippen molar-refractivity contribution in [3.05, 3.63) is 46.6 Å². The zero-order chi connectivity index (χ0) is 14.8. The minimum atomic E-state index is 0.0867. The maximum atomic E-state index is 6.13. The van der Waals surface area contributed by atoms with Crippen LogP contribution >= 0.6 is 23.2 Å². The molecule has 21 heavy (non-hydrogen) atoms. The SMILES string of the molecule is Nc1ccc(O[C@H]2CCN(c3ccc(Cl)cn3)C2)c(Cl)c1. The van der Waals surface area contributed by atoms with E-state index in [-0.39, 0.29) is 6.10 Å². The van der Waals surface area contributed by atoms with Crippen molar-refractivity contribution >= 4 is 34.7 Å². The first-order chi connectivity index (χ1) is 10.1. The van der Waals surface area contributed by atoms with Crippen LogP contribution in [0, 0.1) is 0 Å². The Bertz CT molecular complexity index is 633. The van der Waals surface area contributed by atoms with Crippen molar-refractivity contribution in [1.82, 2.24) is 4.98 Å². The molecule has 1 fully saturated rings. The third-order valence-corrected chi connectivity index (χ3v) is 3.95. The van der Waals surface area contributed by atoms with Gasteiger partial charge in [-0.1, -0.05) is 23.2 Å². The van der Waals surface area contributed by atoms with Gasteiger partial charge in [-0.05, 0) is 30.3 Å². The Labute approximate surface area is 133 Å². The third kappa shape index (κ3) is 3.34. The second-order valence-electron chi connectivity index (χ2n) is 5.00. The van der Waals surface area contributed by atoms with Gasteiger partial charge in [-0.3, -0.25) is 0 Å². The van der Waals surface area contributed by atoms with E-state index in [4.69, 9.17) is 33.7 Å². The molecule has 0 bridgehead atoms. The molecule has 1 aromatic carbocycles.